The number of esters is 1. The first-order valence-electron chi connectivity index (χ1n) is 8.22. The first-order chi connectivity index (χ1) is 13.5. The quantitative estimate of drug-likeness (QED) is 0.499. The second-order valence-electron chi connectivity index (χ2n) is 5.80. The molecule has 1 N–H and O–H groups in total. The molecule has 1 amide bonds. The lowest BCUT2D eigenvalue weighted by atomic mass is 10.1. The number of anilines is 1. The summed E-state index contributed by atoms with van der Waals surface area (Å²) in [5.41, 5.74) is 1.36. The van der Waals surface area contributed by atoms with Gasteiger partial charge in [-0.05, 0) is 49.4 Å². The van der Waals surface area contributed by atoms with Gasteiger partial charge in [0, 0.05) is 11.3 Å². The van der Waals surface area contributed by atoms with Crippen molar-refractivity contribution in [2.45, 2.75) is 6.92 Å². The van der Waals surface area contributed by atoms with Crippen molar-refractivity contribution in [3.8, 4) is 11.3 Å². The van der Waals surface area contributed by atoms with Crippen LogP contribution in [0.15, 0.2) is 52.9 Å². The van der Waals surface area contributed by atoms with Gasteiger partial charge in [0.15, 0.2) is 18.7 Å². The minimum absolute atomic E-state index is 0.0738. The van der Waals surface area contributed by atoms with Crippen LogP contribution in [0.4, 0.5) is 5.82 Å². The van der Waals surface area contributed by atoms with E-state index in [9.17, 15) is 14.4 Å². The molecule has 0 atom stereocenters. The summed E-state index contributed by atoms with van der Waals surface area (Å²) in [7, 11) is 0. The van der Waals surface area contributed by atoms with Gasteiger partial charge in [-0.15, -0.1) is 0 Å². The van der Waals surface area contributed by atoms with Crippen LogP contribution >= 0.6 is 11.6 Å². The fourth-order valence-corrected chi connectivity index (χ4v) is 2.60. The van der Waals surface area contributed by atoms with E-state index < -0.39 is 18.5 Å². The lowest BCUT2D eigenvalue weighted by Crippen LogP contribution is -2.21. The Balaban J connectivity index is 1.67. The molecule has 2 heterocycles. The summed E-state index contributed by atoms with van der Waals surface area (Å²) in [6.45, 7) is 1.30. The van der Waals surface area contributed by atoms with Crippen LogP contribution in [0.2, 0.25) is 5.02 Å². The average molecular weight is 399 g/mol. The zero-order valence-electron chi connectivity index (χ0n) is 14.8. The van der Waals surface area contributed by atoms with E-state index in [1.165, 1.54) is 18.2 Å². The van der Waals surface area contributed by atoms with Gasteiger partial charge in [0.05, 0.1) is 10.6 Å². The number of pyridine rings is 1. The predicted octanol–water partition coefficient (Wildman–Crippen LogP) is 3.91. The number of furan rings is 1. The molecule has 0 spiro atoms. The molecule has 0 radical (unpaired) electrons. The number of nitrogens with one attached hydrogen (secondary N) is 1. The minimum atomic E-state index is -0.763. The molecule has 0 bridgehead atoms. The Morgan fingerprint density at radius 1 is 1.21 bits per heavy atom. The Kier molecular flexibility index (Phi) is 5.86. The molecule has 0 saturated heterocycles. The van der Waals surface area contributed by atoms with E-state index in [-0.39, 0.29) is 16.3 Å². The second-order valence-corrected chi connectivity index (χ2v) is 6.21. The van der Waals surface area contributed by atoms with Crippen LogP contribution in [0, 0.1) is 6.92 Å². The van der Waals surface area contributed by atoms with Gasteiger partial charge >= 0.3 is 5.97 Å². The maximum absolute atomic E-state index is 12.3. The summed E-state index contributed by atoms with van der Waals surface area (Å²) in [5.74, 6) is -0.363. The molecular weight excluding hydrogens is 384 g/mol. The Morgan fingerprint density at radius 2 is 2.04 bits per heavy atom. The number of rotatable bonds is 6. The molecule has 3 rings (SSSR count). The third-order valence-electron chi connectivity index (χ3n) is 3.70. The van der Waals surface area contributed by atoms with E-state index in [2.05, 4.69) is 10.3 Å². The van der Waals surface area contributed by atoms with Crippen LogP contribution in [0.1, 0.15) is 26.6 Å². The monoisotopic (exact) mass is 398 g/mol. The number of hydrogen-bond acceptors (Lipinski definition) is 6. The molecule has 0 aliphatic rings. The van der Waals surface area contributed by atoms with Crippen molar-refractivity contribution in [3.63, 3.8) is 0 Å². The average Bonchev–Trinajstić information content (AvgIpc) is 3.16. The van der Waals surface area contributed by atoms with Crippen molar-refractivity contribution in [1.82, 2.24) is 4.98 Å². The van der Waals surface area contributed by atoms with E-state index in [1.54, 1.807) is 37.3 Å². The molecule has 0 aliphatic carbocycles. The van der Waals surface area contributed by atoms with Crippen molar-refractivity contribution in [2.24, 2.45) is 0 Å². The highest BCUT2D eigenvalue weighted by Crippen LogP contribution is 2.27. The summed E-state index contributed by atoms with van der Waals surface area (Å²) >= 11 is 6.08. The Labute approximate surface area is 165 Å². The normalized spacial score (nSPS) is 10.4. The lowest BCUT2D eigenvalue weighted by molar-refractivity contribution is -0.119. The highest BCUT2D eigenvalue weighted by molar-refractivity contribution is 6.33. The summed E-state index contributed by atoms with van der Waals surface area (Å²) < 4.78 is 10.4. The van der Waals surface area contributed by atoms with E-state index >= 15 is 0 Å². The number of nitrogens with zero attached hydrogens (tertiary/aromatic N) is 1. The summed E-state index contributed by atoms with van der Waals surface area (Å²) in [6, 6.07) is 12.9. The number of aryl methyl sites for hydroxylation is 1. The molecule has 2 aromatic heterocycles. The van der Waals surface area contributed by atoms with Gasteiger partial charge in [0.1, 0.15) is 11.6 Å². The zero-order valence-corrected chi connectivity index (χ0v) is 15.5. The fraction of sp³-hybridized carbons (Fsp3) is 0.100. The van der Waals surface area contributed by atoms with Gasteiger partial charge < -0.3 is 14.5 Å². The molecule has 0 unspecified atom stereocenters. The largest absolute Gasteiger partial charge is 0.453 e. The second kappa shape index (κ2) is 8.49. The number of ether oxygens (including phenoxy) is 1. The fourth-order valence-electron chi connectivity index (χ4n) is 2.41. The van der Waals surface area contributed by atoms with Crippen LogP contribution in [-0.2, 0) is 9.53 Å². The van der Waals surface area contributed by atoms with Crippen molar-refractivity contribution in [1.29, 1.82) is 0 Å². The summed E-state index contributed by atoms with van der Waals surface area (Å²) in [6.07, 6.45) is 0.580. The van der Waals surface area contributed by atoms with Gasteiger partial charge in [0.2, 0.25) is 0 Å². The molecule has 28 heavy (non-hydrogen) atoms. The zero-order chi connectivity index (χ0) is 20.1. The Bertz CT molecular complexity index is 1040. The molecule has 8 heteroatoms. The van der Waals surface area contributed by atoms with Crippen molar-refractivity contribution >= 4 is 35.6 Å². The smallest absolute Gasteiger partial charge is 0.340 e. The van der Waals surface area contributed by atoms with E-state index in [1.807, 2.05) is 0 Å². The van der Waals surface area contributed by atoms with Gasteiger partial charge in [-0.3, -0.25) is 9.59 Å². The maximum Gasteiger partial charge on any atom is 0.340 e. The molecule has 0 fully saturated rings. The number of carbonyl (C=O) groups excluding carboxylic acids is 3. The molecule has 142 valence electrons. The molecule has 3 aromatic rings. The predicted molar refractivity (Wildman–Crippen MR) is 102 cm³/mol. The number of aldehydes is 1. The Hall–Kier alpha value is -3.45. The SMILES string of the molecule is Cc1cccc(NC(=O)COC(=O)c2cc(-c3ccc(C=O)o3)ccc2Cl)n1. The first-order valence-corrected chi connectivity index (χ1v) is 8.59. The van der Waals surface area contributed by atoms with Crippen LogP contribution in [-0.4, -0.2) is 29.8 Å². The highest BCUT2D eigenvalue weighted by atomic mass is 35.5. The van der Waals surface area contributed by atoms with Crippen LogP contribution < -0.4 is 5.32 Å². The summed E-state index contributed by atoms with van der Waals surface area (Å²) in [4.78, 5) is 39.2. The molecule has 0 aliphatic heterocycles. The van der Waals surface area contributed by atoms with E-state index in [4.69, 9.17) is 20.8 Å². The van der Waals surface area contributed by atoms with Gasteiger partial charge in [-0.1, -0.05) is 17.7 Å². The number of aromatic nitrogens is 1. The van der Waals surface area contributed by atoms with Crippen molar-refractivity contribution in [3.05, 3.63) is 70.6 Å². The van der Waals surface area contributed by atoms with Crippen molar-refractivity contribution < 1.29 is 23.5 Å². The first kappa shape index (κ1) is 19.3. The third kappa shape index (κ3) is 4.63. The molecule has 1 aromatic carbocycles. The van der Waals surface area contributed by atoms with E-state index in [0.717, 1.165) is 5.69 Å². The molecule has 7 nitrogen and oxygen atoms in total. The van der Waals surface area contributed by atoms with Crippen LogP contribution in [0.5, 0.6) is 0 Å². The highest BCUT2D eigenvalue weighted by Gasteiger charge is 2.16. The number of carbonyl (C=O) groups is 3. The number of amides is 1. The minimum Gasteiger partial charge on any atom is -0.453 e. The maximum atomic E-state index is 12.3. The van der Waals surface area contributed by atoms with Crippen LogP contribution in [0.25, 0.3) is 11.3 Å². The third-order valence-corrected chi connectivity index (χ3v) is 4.03. The van der Waals surface area contributed by atoms with Gasteiger partial charge in [-0.2, -0.15) is 0 Å². The standard InChI is InChI=1S/C20H15ClN2O5/c1-12-3-2-4-18(22-12)23-19(25)11-27-20(26)15-9-13(5-7-16(15)21)17-8-6-14(10-24)28-17/h2-10H,11H2,1H3,(H,22,23,25). The van der Waals surface area contributed by atoms with Gasteiger partial charge in [-0.25, -0.2) is 9.78 Å². The number of halogens is 1. The van der Waals surface area contributed by atoms with Gasteiger partial charge in [0.25, 0.3) is 5.91 Å². The lowest BCUT2D eigenvalue weighted by Gasteiger charge is -2.08. The van der Waals surface area contributed by atoms with E-state index in [0.29, 0.717) is 23.4 Å². The Morgan fingerprint density at radius 3 is 2.75 bits per heavy atom. The molecule has 0 saturated carbocycles. The van der Waals surface area contributed by atoms with Crippen LogP contribution in [0.3, 0.4) is 0 Å². The number of benzene rings is 1. The van der Waals surface area contributed by atoms with Crippen molar-refractivity contribution in [2.75, 3.05) is 11.9 Å². The topological polar surface area (TPSA) is 98.5 Å². The number of hydrogen-bond donors (Lipinski definition) is 1. The summed E-state index contributed by atoms with van der Waals surface area (Å²) in [5, 5.41) is 2.71. The molecular formula is C20H15ClN2O5.